The van der Waals surface area contributed by atoms with Gasteiger partial charge < -0.3 is 4.42 Å². The third-order valence-electron chi connectivity index (χ3n) is 11.9. The van der Waals surface area contributed by atoms with Crippen molar-refractivity contribution in [2.45, 2.75) is 0 Å². The number of hydrogen-bond acceptors (Lipinski definition) is 4. The molecule has 0 spiro atoms. The highest BCUT2D eigenvalue weighted by Crippen LogP contribution is 2.41. The highest BCUT2D eigenvalue weighted by molar-refractivity contribution is 6.20. The largest absolute Gasteiger partial charge is 0.456 e. The molecule has 0 amide bonds. The highest BCUT2D eigenvalue weighted by atomic mass is 16.3. The van der Waals surface area contributed by atoms with Crippen molar-refractivity contribution in [3.63, 3.8) is 0 Å². The summed E-state index contributed by atoms with van der Waals surface area (Å²) in [5, 5.41) is 9.64. The number of aromatic nitrogens is 3. The number of furan rings is 1. The summed E-state index contributed by atoms with van der Waals surface area (Å²) < 4.78 is 6.21. The van der Waals surface area contributed by atoms with Crippen LogP contribution in [0.1, 0.15) is 0 Å². The van der Waals surface area contributed by atoms with Crippen LogP contribution in [0.3, 0.4) is 0 Å². The zero-order valence-electron chi connectivity index (χ0n) is 33.0. The first kappa shape index (κ1) is 34.8. The number of fused-ring (bicyclic) bond motifs is 7. The molecule has 0 unspecified atom stereocenters. The lowest BCUT2D eigenvalue weighted by atomic mass is 9.89. The van der Waals surface area contributed by atoms with Crippen LogP contribution in [0.2, 0.25) is 0 Å². The molecule has 12 rings (SSSR count). The Hall–Kier alpha value is -8.21. The highest BCUT2D eigenvalue weighted by Gasteiger charge is 2.17. The number of benzene rings is 10. The first-order valence-electron chi connectivity index (χ1n) is 20.6. The Morgan fingerprint density at radius 2 is 0.787 bits per heavy atom. The molecule has 0 aliphatic carbocycles. The predicted octanol–water partition coefficient (Wildman–Crippen LogP) is 15.2. The van der Waals surface area contributed by atoms with E-state index in [0.29, 0.717) is 17.5 Å². The molecular formula is C57H35N3O. The summed E-state index contributed by atoms with van der Waals surface area (Å²) in [5.41, 5.74) is 11.4. The minimum atomic E-state index is 0.613. The summed E-state index contributed by atoms with van der Waals surface area (Å²) in [5.74, 6) is 1.85. The van der Waals surface area contributed by atoms with Crippen molar-refractivity contribution in [1.29, 1.82) is 0 Å². The molecule has 12 aromatic rings. The maximum Gasteiger partial charge on any atom is 0.164 e. The van der Waals surface area contributed by atoms with Gasteiger partial charge in [-0.2, -0.15) is 0 Å². The molecule has 0 saturated carbocycles. The van der Waals surface area contributed by atoms with Crippen LogP contribution in [0, 0.1) is 0 Å². The van der Waals surface area contributed by atoms with Gasteiger partial charge in [-0.05, 0) is 83.9 Å². The molecule has 0 bridgehead atoms. The summed E-state index contributed by atoms with van der Waals surface area (Å²) >= 11 is 0. The number of rotatable bonds is 6. The Labute approximate surface area is 352 Å². The second kappa shape index (κ2) is 14.3. The summed E-state index contributed by atoms with van der Waals surface area (Å²) in [7, 11) is 0. The van der Waals surface area contributed by atoms with Crippen LogP contribution in [-0.4, -0.2) is 15.0 Å². The Kier molecular flexibility index (Phi) is 8.13. The van der Waals surface area contributed by atoms with E-state index in [0.717, 1.165) is 66.4 Å². The molecule has 0 aliphatic rings. The molecule has 61 heavy (non-hydrogen) atoms. The van der Waals surface area contributed by atoms with E-state index in [9.17, 15) is 0 Å². The molecule has 284 valence electrons. The van der Waals surface area contributed by atoms with E-state index >= 15 is 0 Å². The first-order valence-corrected chi connectivity index (χ1v) is 20.6. The monoisotopic (exact) mass is 777 g/mol. The fourth-order valence-corrected chi connectivity index (χ4v) is 8.94. The SMILES string of the molecule is c1ccc(-c2ccc(-c3nc(-c4ccc(-c5c6ccccc6cc6c5ccc5ccccc56)cc4)nc(-c4ccc(-c5cccc6oc7ccccc7c56)cc4)n3)cc2)cc1. The Morgan fingerprint density at radius 3 is 1.48 bits per heavy atom. The quantitative estimate of drug-likeness (QED) is 0.125. The lowest BCUT2D eigenvalue weighted by molar-refractivity contribution is 0.669. The van der Waals surface area contributed by atoms with Gasteiger partial charge in [0.05, 0.1) is 0 Å². The van der Waals surface area contributed by atoms with Gasteiger partial charge in [-0.15, -0.1) is 0 Å². The van der Waals surface area contributed by atoms with E-state index in [1.165, 1.54) is 37.9 Å². The van der Waals surface area contributed by atoms with Crippen LogP contribution < -0.4 is 0 Å². The average Bonchev–Trinajstić information content (AvgIpc) is 3.73. The second-order valence-corrected chi connectivity index (χ2v) is 15.5. The second-order valence-electron chi connectivity index (χ2n) is 15.5. The summed E-state index contributed by atoms with van der Waals surface area (Å²) in [6.07, 6.45) is 0. The van der Waals surface area contributed by atoms with Gasteiger partial charge in [-0.3, -0.25) is 0 Å². The molecule has 0 aliphatic heterocycles. The van der Waals surface area contributed by atoms with Gasteiger partial charge in [-0.1, -0.05) is 194 Å². The van der Waals surface area contributed by atoms with Crippen LogP contribution in [0.25, 0.3) is 122 Å². The van der Waals surface area contributed by atoms with Crippen molar-refractivity contribution in [1.82, 2.24) is 15.0 Å². The van der Waals surface area contributed by atoms with Crippen LogP contribution in [-0.2, 0) is 0 Å². The number of para-hydroxylation sites is 1. The Balaban J connectivity index is 0.972. The maximum atomic E-state index is 6.21. The fourth-order valence-electron chi connectivity index (χ4n) is 8.94. The van der Waals surface area contributed by atoms with Crippen molar-refractivity contribution >= 4 is 54.3 Å². The fraction of sp³-hybridized carbons (Fsp3) is 0. The normalized spacial score (nSPS) is 11.6. The lowest BCUT2D eigenvalue weighted by Crippen LogP contribution is -2.00. The molecule has 0 N–H and O–H groups in total. The van der Waals surface area contributed by atoms with Crippen molar-refractivity contribution in [2.24, 2.45) is 0 Å². The molecule has 10 aromatic carbocycles. The number of hydrogen-bond donors (Lipinski definition) is 0. The summed E-state index contributed by atoms with van der Waals surface area (Å²) in [4.78, 5) is 15.4. The molecule has 0 radical (unpaired) electrons. The van der Waals surface area contributed by atoms with Gasteiger partial charge in [0.15, 0.2) is 17.5 Å². The van der Waals surface area contributed by atoms with Gasteiger partial charge in [0.1, 0.15) is 11.2 Å². The van der Waals surface area contributed by atoms with Crippen LogP contribution in [0.15, 0.2) is 217 Å². The van der Waals surface area contributed by atoms with Gasteiger partial charge in [0.2, 0.25) is 0 Å². The predicted molar refractivity (Wildman–Crippen MR) is 252 cm³/mol. The Bertz CT molecular complexity index is 3610. The zero-order chi connectivity index (χ0) is 40.3. The first-order chi connectivity index (χ1) is 30.2. The molecule has 0 fully saturated rings. The molecule has 2 aromatic heterocycles. The topological polar surface area (TPSA) is 51.8 Å². The van der Waals surface area contributed by atoms with Gasteiger partial charge in [-0.25, -0.2) is 15.0 Å². The van der Waals surface area contributed by atoms with Crippen molar-refractivity contribution in [2.75, 3.05) is 0 Å². The summed E-state index contributed by atoms with van der Waals surface area (Å²) in [6, 6.07) is 74.7. The van der Waals surface area contributed by atoms with Gasteiger partial charge in [0, 0.05) is 27.5 Å². The molecule has 4 heteroatoms. The van der Waals surface area contributed by atoms with Gasteiger partial charge in [0.25, 0.3) is 0 Å². The van der Waals surface area contributed by atoms with E-state index in [-0.39, 0.29) is 0 Å². The standard InChI is InChI=1S/C57H35N3O/c1-2-11-36(12-3-1)37-21-27-41(28-22-37)55-58-56(42-29-23-39(24-30-42)46-18-10-20-52-54(46)49-17-8-9-19-51(49)61-52)60-57(59-55)43-31-25-40(26-32-43)53-47-16-7-5-14-44(47)35-50-45-15-6-4-13-38(45)33-34-48(50)53/h1-35H. The third-order valence-corrected chi connectivity index (χ3v) is 11.9. The maximum absolute atomic E-state index is 6.21. The molecule has 4 nitrogen and oxygen atoms in total. The van der Waals surface area contributed by atoms with Crippen molar-refractivity contribution in [3.05, 3.63) is 212 Å². The summed E-state index contributed by atoms with van der Waals surface area (Å²) in [6.45, 7) is 0. The van der Waals surface area contributed by atoms with Crippen molar-refractivity contribution in [3.8, 4) is 67.5 Å². The molecule has 0 saturated heterocycles. The van der Waals surface area contributed by atoms with E-state index in [2.05, 4.69) is 188 Å². The van der Waals surface area contributed by atoms with E-state index < -0.39 is 0 Å². The smallest absolute Gasteiger partial charge is 0.164 e. The van der Waals surface area contributed by atoms with E-state index in [4.69, 9.17) is 19.4 Å². The molecular weight excluding hydrogens is 743 g/mol. The molecule has 2 heterocycles. The van der Waals surface area contributed by atoms with Gasteiger partial charge >= 0.3 is 0 Å². The average molecular weight is 778 g/mol. The van der Waals surface area contributed by atoms with Crippen LogP contribution in [0.5, 0.6) is 0 Å². The van der Waals surface area contributed by atoms with Crippen LogP contribution >= 0.6 is 0 Å². The lowest BCUT2D eigenvalue weighted by Gasteiger charge is -2.14. The number of nitrogens with zero attached hydrogens (tertiary/aromatic N) is 3. The van der Waals surface area contributed by atoms with E-state index in [1.807, 2.05) is 24.3 Å². The van der Waals surface area contributed by atoms with Crippen molar-refractivity contribution < 1.29 is 4.42 Å². The Morgan fingerprint density at radius 1 is 0.279 bits per heavy atom. The minimum Gasteiger partial charge on any atom is -0.456 e. The molecule has 0 atom stereocenters. The zero-order valence-corrected chi connectivity index (χ0v) is 33.0. The third kappa shape index (κ3) is 6.04. The minimum absolute atomic E-state index is 0.613. The van der Waals surface area contributed by atoms with Crippen LogP contribution in [0.4, 0.5) is 0 Å². The van der Waals surface area contributed by atoms with E-state index in [1.54, 1.807) is 0 Å².